The Hall–Kier alpha value is -3.77. The Morgan fingerprint density at radius 2 is 2.24 bits per heavy atom. The number of aromatic hydroxyl groups is 1. The molecule has 0 spiro atoms. The van der Waals surface area contributed by atoms with Gasteiger partial charge in [0.2, 0.25) is 11.6 Å². The average molecular weight is 431 g/mol. The molecule has 11 nitrogen and oxygen atoms in total. The van der Waals surface area contributed by atoms with Crippen molar-refractivity contribution in [3.8, 4) is 22.1 Å². The van der Waals surface area contributed by atoms with Crippen molar-refractivity contribution in [2.24, 2.45) is 5.10 Å². The second kappa shape index (κ2) is 7.69. The van der Waals surface area contributed by atoms with Crippen molar-refractivity contribution in [2.75, 3.05) is 5.73 Å². The van der Waals surface area contributed by atoms with E-state index in [9.17, 15) is 9.90 Å². The maximum absolute atomic E-state index is 12.7. The molecule has 1 amide bonds. The highest BCUT2D eigenvalue weighted by Gasteiger charge is 2.25. The summed E-state index contributed by atoms with van der Waals surface area (Å²) in [4.78, 5) is 13.3. The SMILES string of the molecule is Nc1nonc1-n1nnc(C(=O)NN=Cc2cc(Cl)ccc2O)c1-c1cccs1. The van der Waals surface area contributed by atoms with E-state index < -0.39 is 5.91 Å². The minimum absolute atomic E-state index is 0.00545. The van der Waals surface area contributed by atoms with E-state index >= 15 is 0 Å². The van der Waals surface area contributed by atoms with Crippen LogP contribution in [0, 0.1) is 0 Å². The molecule has 3 heterocycles. The van der Waals surface area contributed by atoms with Crippen LogP contribution in [0.25, 0.3) is 16.4 Å². The fraction of sp³-hybridized carbons (Fsp3) is 0. The largest absolute Gasteiger partial charge is 0.507 e. The summed E-state index contributed by atoms with van der Waals surface area (Å²) in [5.74, 6) is -0.569. The van der Waals surface area contributed by atoms with Crippen LogP contribution in [0.15, 0.2) is 45.4 Å². The Morgan fingerprint density at radius 1 is 1.38 bits per heavy atom. The van der Waals surface area contributed by atoms with E-state index in [-0.39, 0.29) is 23.1 Å². The number of thiophene rings is 1. The lowest BCUT2D eigenvalue weighted by Gasteiger charge is -2.03. The normalized spacial score (nSPS) is 11.2. The standard InChI is InChI=1S/C16H11ClN8O3S/c17-9-3-4-10(26)8(6-9)7-19-21-16(27)12-13(11-2-1-5-29-11)25(24-20-12)15-14(18)22-28-23-15/h1-7,26H,(H2,18,22)(H,21,27). The summed E-state index contributed by atoms with van der Waals surface area (Å²) in [6, 6.07) is 8.04. The highest BCUT2D eigenvalue weighted by atomic mass is 35.5. The number of rotatable bonds is 5. The van der Waals surface area contributed by atoms with Gasteiger partial charge in [-0.1, -0.05) is 22.9 Å². The molecule has 4 rings (SSSR count). The zero-order valence-corrected chi connectivity index (χ0v) is 15.9. The monoisotopic (exact) mass is 430 g/mol. The third kappa shape index (κ3) is 3.66. The Labute approximate surface area is 171 Å². The number of halogens is 1. The van der Waals surface area contributed by atoms with Crippen molar-refractivity contribution in [3.05, 3.63) is 52.0 Å². The summed E-state index contributed by atoms with van der Waals surface area (Å²) in [7, 11) is 0. The summed E-state index contributed by atoms with van der Waals surface area (Å²) < 4.78 is 5.87. The zero-order chi connectivity index (χ0) is 20.4. The number of aromatic nitrogens is 5. The van der Waals surface area contributed by atoms with Gasteiger partial charge < -0.3 is 10.8 Å². The third-order valence-corrected chi connectivity index (χ3v) is 4.81. The molecule has 0 unspecified atom stereocenters. The van der Waals surface area contributed by atoms with Crippen molar-refractivity contribution in [2.45, 2.75) is 0 Å². The predicted molar refractivity (Wildman–Crippen MR) is 105 cm³/mol. The Balaban J connectivity index is 1.65. The van der Waals surface area contributed by atoms with Gasteiger partial charge in [-0.3, -0.25) is 4.79 Å². The average Bonchev–Trinajstić information content (AvgIpc) is 3.43. The van der Waals surface area contributed by atoms with Crippen molar-refractivity contribution < 1.29 is 14.5 Å². The number of carbonyl (C=O) groups excluding carboxylic acids is 1. The molecule has 0 bridgehead atoms. The molecule has 0 aliphatic carbocycles. The van der Waals surface area contributed by atoms with Gasteiger partial charge in [0.1, 0.15) is 11.4 Å². The molecular formula is C16H11ClN8O3S. The number of nitrogens with zero attached hydrogens (tertiary/aromatic N) is 6. The Bertz CT molecular complexity index is 1200. The van der Waals surface area contributed by atoms with Gasteiger partial charge in [-0.05, 0) is 40.0 Å². The van der Waals surface area contributed by atoms with Gasteiger partial charge in [0.25, 0.3) is 5.91 Å². The van der Waals surface area contributed by atoms with E-state index in [2.05, 4.69) is 35.8 Å². The first-order chi connectivity index (χ1) is 14.0. The predicted octanol–water partition coefficient (Wildman–Crippen LogP) is 2.08. The highest BCUT2D eigenvalue weighted by Crippen LogP contribution is 2.29. The molecular weight excluding hydrogens is 420 g/mol. The molecule has 0 radical (unpaired) electrons. The first-order valence-electron chi connectivity index (χ1n) is 7.94. The Morgan fingerprint density at radius 3 is 2.97 bits per heavy atom. The molecule has 0 atom stereocenters. The van der Waals surface area contributed by atoms with Crippen molar-refractivity contribution >= 4 is 40.9 Å². The molecule has 0 saturated carbocycles. The Kier molecular flexibility index (Phi) is 4.93. The number of carbonyl (C=O) groups is 1. The van der Waals surface area contributed by atoms with E-state index in [1.807, 2.05) is 11.4 Å². The molecule has 29 heavy (non-hydrogen) atoms. The third-order valence-electron chi connectivity index (χ3n) is 3.70. The number of hydrogen-bond acceptors (Lipinski definition) is 10. The first kappa shape index (κ1) is 18.6. The number of hydrazone groups is 1. The number of phenolic OH excluding ortho intramolecular Hbond substituents is 1. The second-order valence-corrected chi connectivity index (χ2v) is 6.94. The maximum Gasteiger partial charge on any atom is 0.294 e. The molecule has 13 heteroatoms. The zero-order valence-electron chi connectivity index (χ0n) is 14.4. The molecule has 3 aromatic heterocycles. The quantitative estimate of drug-likeness (QED) is 0.320. The van der Waals surface area contributed by atoms with Crippen LogP contribution in [0.5, 0.6) is 5.75 Å². The van der Waals surface area contributed by atoms with E-state index in [0.29, 0.717) is 21.2 Å². The summed E-state index contributed by atoms with van der Waals surface area (Å²) in [5.41, 5.74) is 8.75. The van der Waals surface area contributed by atoms with Gasteiger partial charge in [-0.15, -0.1) is 16.4 Å². The molecule has 4 N–H and O–H groups in total. The number of amides is 1. The number of nitrogens with two attached hydrogens (primary N) is 1. The van der Waals surface area contributed by atoms with Crippen LogP contribution in [0.3, 0.4) is 0 Å². The van der Waals surface area contributed by atoms with Crippen LogP contribution in [0.4, 0.5) is 5.82 Å². The van der Waals surface area contributed by atoms with Crippen LogP contribution in [-0.4, -0.2) is 42.5 Å². The summed E-state index contributed by atoms with van der Waals surface area (Å²) in [6.45, 7) is 0. The lowest BCUT2D eigenvalue weighted by atomic mass is 10.2. The van der Waals surface area contributed by atoms with Crippen LogP contribution < -0.4 is 11.2 Å². The van der Waals surface area contributed by atoms with E-state index in [1.54, 1.807) is 6.07 Å². The first-order valence-corrected chi connectivity index (χ1v) is 9.20. The second-order valence-electron chi connectivity index (χ2n) is 5.55. The number of nitrogens with one attached hydrogen (secondary N) is 1. The van der Waals surface area contributed by atoms with Crippen LogP contribution in [-0.2, 0) is 0 Å². The lowest BCUT2D eigenvalue weighted by Crippen LogP contribution is -2.19. The summed E-state index contributed by atoms with van der Waals surface area (Å²) in [6.07, 6.45) is 1.26. The highest BCUT2D eigenvalue weighted by molar-refractivity contribution is 7.13. The molecule has 0 aliphatic heterocycles. The number of phenols is 1. The topological polar surface area (TPSA) is 157 Å². The molecule has 0 fully saturated rings. The van der Waals surface area contributed by atoms with Gasteiger partial charge in [-0.25, -0.2) is 10.1 Å². The number of hydrogen-bond donors (Lipinski definition) is 3. The smallest absolute Gasteiger partial charge is 0.294 e. The number of nitrogen functional groups attached to an aromatic ring is 1. The fourth-order valence-electron chi connectivity index (χ4n) is 2.40. The van der Waals surface area contributed by atoms with Crippen molar-refractivity contribution in [1.29, 1.82) is 0 Å². The van der Waals surface area contributed by atoms with Gasteiger partial charge in [0.15, 0.2) is 5.69 Å². The van der Waals surface area contributed by atoms with Gasteiger partial charge in [0, 0.05) is 10.6 Å². The van der Waals surface area contributed by atoms with E-state index in [1.165, 1.54) is 40.4 Å². The van der Waals surface area contributed by atoms with Crippen LogP contribution in [0.1, 0.15) is 16.1 Å². The van der Waals surface area contributed by atoms with Gasteiger partial charge >= 0.3 is 0 Å². The minimum atomic E-state index is -0.632. The number of benzene rings is 1. The van der Waals surface area contributed by atoms with Crippen molar-refractivity contribution in [3.63, 3.8) is 0 Å². The molecule has 0 aliphatic rings. The fourth-order valence-corrected chi connectivity index (χ4v) is 3.33. The van der Waals surface area contributed by atoms with Gasteiger partial charge in [0.05, 0.1) is 11.1 Å². The maximum atomic E-state index is 12.7. The summed E-state index contributed by atoms with van der Waals surface area (Å²) in [5, 5.41) is 31.0. The molecule has 4 aromatic rings. The molecule has 146 valence electrons. The van der Waals surface area contributed by atoms with Gasteiger partial charge in [-0.2, -0.15) is 9.78 Å². The summed E-state index contributed by atoms with van der Waals surface area (Å²) >= 11 is 7.25. The minimum Gasteiger partial charge on any atom is -0.507 e. The molecule has 1 aromatic carbocycles. The van der Waals surface area contributed by atoms with E-state index in [0.717, 1.165) is 0 Å². The van der Waals surface area contributed by atoms with Crippen molar-refractivity contribution in [1.82, 2.24) is 30.7 Å². The molecule has 0 saturated heterocycles. The van der Waals surface area contributed by atoms with Crippen LogP contribution >= 0.6 is 22.9 Å². The number of anilines is 1. The van der Waals surface area contributed by atoms with Crippen LogP contribution in [0.2, 0.25) is 5.02 Å². The lowest BCUT2D eigenvalue weighted by molar-refractivity contribution is 0.0950. The van der Waals surface area contributed by atoms with E-state index in [4.69, 9.17) is 17.3 Å².